The van der Waals surface area contributed by atoms with Gasteiger partial charge in [-0.1, -0.05) is 47.5 Å². The van der Waals surface area contributed by atoms with E-state index in [1.165, 1.54) is 31.2 Å². The van der Waals surface area contributed by atoms with Crippen LogP contribution >= 0.6 is 0 Å². The second-order valence-corrected chi connectivity index (χ2v) is 6.46. The molecular weight excluding hydrogens is 208 g/mol. The summed E-state index contributed by atoms with van der Waals surface area (Å²) in [5.74, 6) is 0. The van der Waals surface area contributed by atoms with Crippen LogP contribution in [-0.2, 0) is 5.41 Å². The lowest BCUT2D eigenvalue weighted by Crippen LogP contribution is -2.27. The van der Waals surface area contributed by atoms with Gasteiger partial charge in [0.2, 0.25) is 0 Å². The number of nitrogens with zero attached hydrogens (tertiary/aromatic N) is 2. The van der Waals surface area contributed by atoms with Gasteiger partial charge in [0.15, 0.2) is 0 Å². The third-order valence-corrected chi connectivity index (χ3v) is 3.49. The van der Waals surface area contributed by atoms with Gasteiger partial charge < -0.3 is 0 Å². The molecule has 96 valence electrons. The summed E-state index contributed by atoms with van der Waals surface area (Å²) in [5.41, 5.74) is 1.85. The maximum absolute atomic E-state index is 3.99. The van der Waals surface area contributed by atoms with Gasteiger partial charge in [-0.2, -0.15) is 10.2 Å². The standard InChI is InChI=1S/C15H26N2/c1-6-7-9-14(2,3)12-15(4,5)13-8-10-16-17-11-13/h8,10-11H,6-7,9,12H2,1-5H3. The molecule has 0 radical (unpaired) electrons. The van der Waals surface area contributed by atoms with Crippen LogP contribution in [0.5, 0.6) is 0 Å². The van der Waals surface area contributed by atoms with E-state index < -0.39 is 0 Å². The lowest BCUT2D eigenvalue weighted by Gasteiger charge is -2.35. The highest BCUT2D eigenvalue weighted by molar-refractivity contribution is 5.18. The normalized spacial score (nSPS) is 12.8. The Hall–Kier alpha value is -0.920. The number of unbranched alkanes of at least 4 members (excludes halogenated alkanes) is 1. The van der Waals surface area contributed by atoms with Crippen LogP contribution < -0.4 is 0 Å². The fourth-order valence-corrected chi connectivity index (χ4v) is 2.73. The van der Waals surface area contributed by atoms with E-state index in [1.54, 1.807) is 6.20 Å². The minimum atomic E-state index is 0.174. The molecule has 0 fully saturated rings. The second kappa shape index (κ2) is 5.61. The molecule has 1 heterocycles. The van der Waals surface area contributed by atoms with Gasteiger partial charge in [0.1, 0.15) is 0 Å². The van der Waals surface area contributed by atoms with Crippen molar-refractivity contribution in [1.82, 2.24) is 10.2 Å². The van der Waals surface area contributed by atoms with Crippen LogP contribution in [0.1, 0.15) is 65.9 Å². The lowest BCUT2D eigenvalue weighted by molar-refractivity contribution is 0.233. The predicted molar refractivity (Wildman–Crippen MR) is 73.0 cm³/mol. The number of rotatable bonds is 6. The largest absolute Gasteiger partial charge is 0.159 e. The van der Waals surface area contributed by atoms with E-state index in [9.17, 15) is 0 Å². The zero-order chi connectivity index (χ0) is 12.9. The topological polar surface area (TPSA) is 25.8 Å². The maximum atomic E-state index is 3.99. The Bertz CT molecular complexity index is 328. The van der Waals surface area contributed by atoms with Gasteiger partial charge in [-0.05, 0) is 35.3 Å². The summed E-state index contributed by atoms with van der Waals surface area (Å²) in [6.45, 7) is 11.6. The maximum Gasteiger partial charge on any atom is 0.0533 e. The van der Waals surface area contributed by atoms with Crippen LogP contribution in [0, 0.1) is 5.41 Å². The Kier molecular flexibility index (Phi) is 4.67. The first-order valence-electron chi connectivity index (χ1n) is 6.64. The molecule has 0 aliphatic rings. The van der Waals surface area contributed by atoms with Crippen molar-refractivity contribution in [2.24, 2.45) is 5.41 Å². The van der Waals surface area contributed by atoms with Gasteiger partial charge in [-0.15, -0.1) is 0 Å². The molecule has 0 unspecified atom stereocenters. The Labute approximate surface area is 106 Å². The first kappa shape index (κ1) is 14.1. The van der Waals surface area contributed by atoms with Crippen LogP contribution in [0.25, 0.3) is 0 Å². The molecular formula is C15H26N2. The fraction of sp³-hybridized carbons (Fsp3) is 0.733. The van der Waals surface area contributed by atoms with E-state index in [-0.39, 0.29) is 5.41 Å². The molecule has 0 aliphatic carbocycles. The van der Waals surface area contributed by atoms with Gasteiger partial charge in [-0.3, -0.25) is 0 Å². The van der Waals surface area contributed by atoms with Crippen molar-refractivity contribution in [3.05, 3.63) is 24.0 Å². The van der Waals surface area contributed by atoms with E-state index in [2.05, 4.69) is 50.9 Å². The molecule has 2 heteroatoms. The van der Waals surface area contributed by atoms with Gasteiger partial charge >= 0.3 is 0 Å². The molecule has 2 nitrogen and oxygen atoms in total. The molecule has 1 aromatic heterocycles. The summed E-state index contributed by atoms with van der Waals surface area (Å²) in [6.07, 6.45) is 8.77. The summed E-state index contributed by atoms with van der Waals surface area (Å²) >= 11 is 0. The van der Waals surface area contributed by atoms with Crippen LogP contribution in [0.15, 0.2) is 18.5 Å². The molecule has 0 spiro atoms. The van der Waals surface area contributed by atoms with E-state index in [4.69, 9.17) is 0 Å². The third-order valence-electron chi connectivity index (χ3n) is 3.49. The predicted octanol–water partition coefficient (Wildman–Crippen LogP) is 4.36. The number of hydrogen-bond donors (Lipinski definition) is 0. The van der Waals surface area contributed by atoms with Crippen molar-refractivity contribution < 1.29 is 0 Å². The molecule has 0 N–H and O–H groups in total. The highest BCUT2D eigenvalue weighted by Gasteiger charge is 2.29. The zero-order valence-corrected chi connectivity index (χ0v) is 12.0. The average molecular weight is 234 g/mol. The molecule has 1 rings (SSSR count). The quantitative estimate of drug-likeness (QED) is 0.731. The van der Waals surface area contributed by atoms with Crippen LogP contribution in [0.3, 0.4) is 0 Å². The Morgan fingerprint density at radius 3 is 2.35 bits per heavy atom. The summed E-state index contributed by atoms with van der Waals surface area (Å²) < 4.78 is 0. The van der Waals surface area contributed by atoms with Gasteiger partial charge in [0, 0.05) is 6.20 Å². The van der Waals surface area contributed by atoms with E-state index in [0.29, 0.717) is 5.41 Å². The summed E-state index contributed by atoms with van der Waals surface area (Å²) in [4.78, 5) is 0. The molecule has 0 aliphatic heterocycles. The monoisotopic (exact) mass is 234 g/mol. The Morgan fingerprint density at radius 1 is 1.12 bits per heavy atom. The molecule has 0 amide bonds. The van der Waals surface area contributed by atoms with Crippen molar-refractivity contribution in [2.75, 3.05) is 0 Å². The van der Waals surface area contributed by atoms with Crippen molar-refractivity contribution >= 4 is 0 Å². The van der Waals surface area contributed by atoms with Crippen molar-refractivity contribution in [1.29, 1.82) is 0 Å². The first-order chi connectivity index (χ1) is 7.87. The second-order valence-electron chi connectivity index (χ2n) is 6.46. The van der Waals surface area contributed by atoms with Crippen molar-refractivity contribution in [3.63, 3.8) is 0 Å². The van der Waals surface area contributed by atoms with Gasteiger partial charge in [-0.25, -0.2) is 0 Å². The molecule has 1 aromatic rings. The van der Waals surface area contributed by atoms with Crippen molar-refractivity contribution in [2.45, 2.75) is 65.7 Å². The SMILES string of the molecule is CCCCC(C)(C)CC(C)(C)c1ccnnc1. The summed E-state index contributed by atoms with van der Waals surface area (Å²) in [6, 6.07) is 2.09. The van der Waals surface area contributed by atoms with Crippen LogP contribution in [0.4, 0.5) is 0 Å². The third kappa shape index (κ3) is 4.45. The minimum Gasteiger partial charge on any atom is -0.159 e. The van der Waals surface area contributed by atoms with Gasteiger partial charge in [0.05, 0.1) is 6.20 Å². The summed E-state index contributed by atoms with van der Waals surface area (Å²) in [5, 5.41) is 7.85. The number of hydrogen-bond acceptors (Lipinski definition) is 2. The highest BCUT2D eigenvalue weighted by atomic mass is 15.1. The van der Waals surface area contributed by atoms with Crippen LogP contribution in [0.2, 0.25) is 0 Å². The molecule has 0 saturated heterocycles. The molecule has 17 heavy (non-hydrogen) atoms. The number of aromatic nitrogens is 2. The lowest BCUT2D eigenvalue weighted by atomic mass is 9.70. The zero-order valence-electron chi connectivity index (χ0n) is 12.0. The minimum absolute atomic E-state index is 0.174. The van der Waals surface area contributed by atoms with E-state index in [0.717, 1.165) is 0 Å². The summed E-state index contributed by atoms with van der Waals surface area (Å²) in [7, 11) is 0. The van der Waals surface area contributed by atoms with Crippen LogP contribution in [-0.4, -0.2) is 10.2 Å². The highest BCUT2D eigenvalue weighted by Crippen LogP contribution is 2.39. The van der Waals surface area contributed by atoms with Crippen molar-refractivity contribution in [3.8, 4) is 0 Å². The molecule has 0 aromatic carbocycles. The molecule has 0 saturated carbocycles. The van der Waals surface area contributed by atoms with E-state index in [1.807, 2.05) is 6.20 Å². The average Bonchev–Trinajstić information content (AvgIpc) is 2.26. The fourth-order valence-electron chi connectivity index (χ4n) is 2.73. The first-order valence-corrected chi connectivity index (χ1v) is 6.64. The molecule has 0 bridgehead atoms. The van der Waals surface area contributed by atoms with Gasteiger partial charge in [0.25, 0.3) is 0 Å². The van der Waals surface area contributed by atoms with E-state index >= 15 is 0 Å². The Morgan fingerprint density at radius 2 is 1.82 bits per heavy atom. The Balaban J connectivity index is 2.72. The smallest absolute Gasteiger partial charge is 0.0533 e. The molecule has 0 atom stereocenters.